The second-order valence-electron chi connectivity index (χ2n) is 7.21. The van der Waals surface area contributed by atoms with Crippen LogP contribution in [0.25, 0.3) is 0 Å². The molecular formula is C22H23NO6. The van der Waals surface area contributed by atoms with Crippen molar-refractivity contribution in [3.63, 3.8) is 0 Å². The number of fused-ring (bicyclic) bond motifs is 1. The summed E-state index contributed by atoms with van der Waals surface area (Å²) in [6, 6.07) is 15.3. The van der Waals surface area contributed by atoms with Gasteiger partial charge in [-0.05, 0) is 36.6 Å². The van der Waals surface area contributed by atoms with Crippen LogP contribution in [0.4, 0.5) is 4.79 Å². The zero-order valence-corrected chi connectivity index (χ0v) is 16.4. The molecule has 4 rings (SSSR count). The Hall–Kier alpha value is -3.22. The monoisotopic (exact) mass is 397 g/mol. The Labute approximate surface area is 169 Å². The third kappa shape index (κ3) is 3.99. The fourth-order valence-electron chi connectivity index (χ4n) is 3.62. The van der Waals surface area contributed by atoms with Crippen molar-refractivity contribution in [2.75, 3.05) is 20.3 Å². The molecule has 2 aliphatic heterocycles. The van der Waals surface area contributed by atoms with Crippen LogP contribution in [0.2, 0.25) is 0 Å². The summed E-state index contributed by atoms with van der Waals surface area (Å²) < 4.78 is 21.6. The minimum absolute atomic E-state index is 0.0402. The van der Waals surface area contributed by atoms with Gasteiger partial charge in [0.05, 0.1) is 13.7 Å². The number of hydrogen-bond donors (Lipinski definition) is 0. The molecule has 0 N–H and O–H groups in total. The second-order valence-corrected chi connectivity index (χ2v) is 7.21. The molecule has 0 radical (unpaired) electrons. The molecule has 2 aromatic carbocycles. The summed E-state index contributed by atoms with van der Waals surface area (Å²) in [6.07, 6.45) is -0.661. The summed E-state index contributed by atoms with van der Waals surface area (Å²) in [5.74, 6) is 0.627. The van der Waals surface area contributed by atoms with Gasteiger partial charge in [-0.2, -0.15) is 0 Å². The van der Waals surface area contributed by atoms with Crippen LogP contribution in [0.3, 0.4) is 0 Å². The van der Waals surface area contributed by atoms with E-state index in [0.29, 0.717) is 24.5 Å². The smallest absolute Gasteiger partial charge is 0.410 e. The van der Waals surface area contributed by atoms with E-state index in [1.807, 2.05) is 49.4 Å². The molecule has 1 amide bonds. The van der Waals surface area contributed by atoms with Crippen LogP contribution < -0.4 is 9.47 Å². The number of rotatable bonds is 5. The molecule has 2 aromatic rings. The first-order valence-electron chi connectivity index (χ1n) is 9.57. The van der Waals surface area contributed by atoms with Gasteiger partial charge in [0.2, 0.25) is 6.10 Å². The number of nitrogens with zero attached hydrogens (tertiary/aromatic N) is 1. The first-order valence-corrected chi connectivity index (χ1v) is 9.57. The Morgan fingerprint density at radius 1 is 1.17 bits per heavy atom. The molecule has 1 saturated heterocycles. The lowest BCUT2D eigenvalue weighted by Gasteiger charge is -2.26. The minimum atomic E-state index is -0.758. The first-order chi connectivity index (χ1) is 14.0. The fraction of sp³-hybridized carbons (Fsp3) is 0.364. The quantitative estimate of drug-likeness (QED) is 0.722. The highest BCUT2D eigenvalue weighted by atomic mass is 16.6. The number of benzene rings is 2. The standard InChI is InChI=1S/C22H23NO6/c1-14(23-12-19(29-22(23)25)16-6-4-3-5-7-16)10-15-8-9-17-18(11-15)27-13-20(28-17)21(24)26-2/h3-9,11,14,19-20H,10,12-13H2,1-2H3/t14-,19?,20?/m0/s1. The minimum Gasteiger partial charge on any atom is -0.485 e. The zero-order chi connectivity index (χ0) is 20.4. The van der Waals surface area contributed by atoms with Crippen LogP contribution in [-0.2, 0) is 20.7 Å². The predicted molar refractivity (Wildman–Crippen MR) is 104 cm³/mol. The van der Waals surface area contributed by atoms with Crippen molar-refractivity contribution in [2.45, 2.75) is 31.6 Å². The SMILES string of the molecule is COC(=O)C1COc2cc(C[C@H](C)N3CC(c4ccccc4)OC3=O)ccc2O1. The number of hydrogen-bond acceptors (Lipinski definition) is 6. The van der Waals surface area contributed by atoms with E-state index in [1.165, 1.54) is 7.11 Å². The van der Waals surface area contributed by atoms with Crippen LogP contribution >= 0.6 is 0 Å². The number of cyclic esters (lactones) is 1. The second kappa shape index (κ2) is 8.03. The Bertz CT molecular complexity index is 899. The molecule has 7 nitrogen and oxygen atoms in total. The molecule has 152 valence electrons. The maximum Gasteiger partial charge on any atom is 0.410 e. The van der Waals surface area contributed by atoms with E-state index in [-0.39, 0.29) is 24.8 Å². The number of methoxy groups -OCH3 is 1. The molecular weight excluding hydrogens is 374 g/mol. The van der Waals surface area contributed by atoms with Crippen molar-refractivity contribution in [1.82, 2.24) is 4.90 Å². The normalized spacial score (nSPS) is 21.4. The number of amides is 1. The Kier molecular flexibility index (Phi) is 5.29. The van der Waals surface area contributed by atoms with E-state index in [2.05, 4.69) is 0 Å². The average molecular weight is 397 g/mol. The van der Waals surface area contributed by atoms with Gasteiger partial charge in [0.25, 0.3) is 0 Å². The molecule has 0 aromatic heterocycles. The van der Waals surface area contributed by atoms with E-state index >= 15 is 0 Å². The Balaban J connectivity index is 1.41. The van der Waals surface area contributed by atoms with Crippen molar-refractivity contribution in [3.05, 3.63) is 59.7 Å². The lowest BCUT2D eigenvalue weighted by atomic mass is 10.0. The van der Waals surface area contributed by atoms with Gasteiger partial charge in [-0.3, -0.25) is 0 Å². The van der Waals surface area contributed by atoms with Crippen molar-refractivity contribution in [2.24, 2.45) is 0 Å². The Morgan fingerprint density at radius 2 is 1.97 bits per heavy atom. The van der Waals surface area contributed by atoms with Gasteiger partial charge >= 0.3 is 12.1 Å². The van der Waals surface area contributed by atoms with Gasteiger partial charge in [-0.25, -0.2) is 9.59 Å². The van der Waals surface area contributed by atoms with E-state index < -0.39 is 12.1 Å². The highest BCUT2D eigenvalue weighted by Gasteiger charge is 2.35. The molecule has 2 heterocycles. The third-order valence-electron chi connectivity index (χ3n) is 5.21. The molecule has 7 heteroatoms. The average Bonchev–Trinajstić information content (AvgIpc) is 3.15. The topological polar surface area (TPSA) is 74.3 Å². The van der Waals surface area contributed by atoms with Crippen LogP contribution in [-0.4, -0.2) is 49.4 Å². The first kappa shape index (κ1) is 19.1. The zero-order valence-electron chi connectivity index (χ0n) is 16.4. The highest BCUT2D eigenvalue weighted by Crippen LogP contribution is 2.34. The largest absolute Gasteiger partial charge is 0.485 e. The summed E-state index contributed by atoms with van der Waals surface area (Å²) >= 11 is 0. The van der Waals surface area contributed by atoms with Crippen LogP contribution in [0, 0.1) is 0 Å². The highest BCUT2D eigenvalue weighted by molar-refractivity contribution is 5.75. The Morgan fingerprint density at radius 3 is 2.72 bits per heavy atom. The van der Waals surface area contributed by atoms with Crippen LogP contribution in [0.15, 0.2) is 48.5 Å². The summed E-state index contributed by atoms with van der Waals surface area (Å²) in [5, 5.41) is 0. The lowest BCUT2D eigenvalue weighted by molar-refractivity contribution is -0.151. The van der Waals surface area contributed by atoms with Crippen molar-refractivity contribution in [1.29, 1.82) is 0 Å². The number of carbonyl (C=O) groups excluding carboxylic acids is 2. The van der Waals surface area contributed by atoms with Crippen molar-refractivity contribution in [3.8, 4) is 11.5 Å². The summed E-state index contributed by atoms with van der Waals surface area (Å²) in [6.45, 7) is 2.63. The van der Waals surface area contributed by atoms with E-state index in [0.717, 1.165) is 11.1 Å². The molecule has 0 spiro atoms. The molecule has 3 atom stereocenters. The van der Waals surface area contributed by atoms with Gasteiger partial charge in [0.15, 0.2) is 11.5 Å². The van der Waals surface area contributed by atoms with Gasteiger partial charge < -0.3 is 23.8 Å². The lowest BCUT2D eigenvalue weighted by Crippen LogP contribution is -2.37. The molecule has 0 saturated carbocycles. The maximum atomic E-state index is 12.4. The van der Waals surface area contributed by atoms with Gasteiger partial charge in [0, 0.05) is 6.04 Å². The number of esters is 1. The van der Waals surface area contributed by atoms with E-state index in [9.17, 15) is 9.59 Å². The third-order valence-corrected chi connectivity index (χ3v) is 5.21. The van der Waals surface area contributed by atoms with E-state index in [1.54, 1.807) is 11.0 Å². The predicted octanol–water partition coefficient (Wildman–Crippen LogP) is 3.12. The summed E-state index contributed by atoms with van der Waals surface area (Å²) in [5.41, 5.74) is 2.00. The molecule has 2 unspecified atom stereocenters. The van der Waals surface area contributed by atoms with Crippen molar-refractivity contribution >= 4 is 12.1 Å². The molecule has 1 fully saturated rings. The van der Waals surface area contributed by atoms with Gasteiger partial charge in [-0.15, -0.1) is 0 Å². The van der Waals surface area contributed by atoms with Crippen molar-refractivity contribution < 1.29 is 28.5 Å². The summed E-state index contributed by atoms with van der Waals surface area (Å²) in [4.78, 5) is 25.7. The maximum absolute atomic E-state index is 12.4. The van der Waals surface area contributed by atoms with E-state index in [4.69, 9.17) is 18.9 Å². The molecule has 0 bridgehead atoms. The fourth-order valence-corrected chi connectivity index (χ4v) is 3.62. The van der Waals surface area contributed by atoms with Gasteiger partial charge in [-0.1, -0.05) is 36.4 Å². The number of ether oxygens (including phenoxy) is 4. The summed E-state index contributed by atoms with van der Waals surface area (Å²) in [7, 11) is 1.32. The van der Waals surface area contributed by atoms with Crippen LogP contribution in [0.5, 0.6) is 11.5 Å². The molecule has 29 heavy (non-hydrogen) atoms. The molecule has 0 aliphatic carbocycles. The van der Waals surface area contributed by atoms with Gasteiger partial charge in [0.1, 0.15) is 12.7 Å². The molecule has 2 aliphatic rings. The number of carbonyl (C=O) groups is 2. The van der Waals surface area contributed by atoms with Crippen LogP contribution in [0.1, 0.15) is 24.2 Å².